The Balaban J connectivity index is 3.29. The topological polar surface area (TPSA) is 55.1 Å². The Morgan fingerprint density at radius 1 is 1.43 bits per heavy atom. The van der Waals surface area contributed by atoms with Crippen LogP contribution in [0.2, 0.25) is 0 Å². The van der Waals surface area contributed by atoms with Crippen molar-refractivity contribution in [1.29, 1.82) is 0 Å². The van der Waals surface area contributed by atoms with Crippen molar-refractivity contribution in [2.24, 2.45) is 5.73 Å². The molecule has 0 aliphatic rings. The second-order valence-electron chi connectivity index (χ2n) is 3.37. The SMILES string of the molecule is CCC(NCCCCCSC)C(N)=O. The van der Waals surface area contributed by atoms with Crippen molar-refractivity contribution in [2.75, 3.05) is 18.6 Å². The predicted octanol–water partition coefficient (Wildman–Crippen LogP) is 1.37. The van der Waals surface area contributed by atoms with Crippen LogP contribution < -0.4 is 11.1 Å². The van der Waals surface area contributed by atoms with E-state index >= 15 is 0 Å². The fourth-order valence-corrected chi connectivity index (χ4v) is 1.76. The molecule has 4 heteroatoms. The summed E-state index contributed by atoms with van der Waals surface area (Å²) in [5, 5.41) is 3.16. The summed E-state index contributed by atoms with van der Waals surface area (Å²) in [5.41, 5.74) is 5.20. The van der Waals surface area contributed by atoms with Gasteiger partial charge in [0.2, 0.25) is 5.91 Å². The van der Waals surface area contributed by atoms with Crippen molar-refractivity contribution in [1.82, 2.24) is 5.32 Å². The van der Waals surface area contributed by atoms with Crippen LogP contribution in [0.15, 0.2) is 0 Å². The molecule has 3 N–H and O–H groups in total. The lowest BCUT2D eigenvalue weighted by atomic mass is 10.2. The third-order valence-corrected chi connectivity index (χ3v) is 2.86. The first-order chi connectivity index (χ1) is 6.72. The monoisotopic (exact) mass is 218 g/mol. The largest absolute Gasteiger partial charge is 0.368 e. The number of nitrogens with one attached hydrogen (secondary N) is 1. The number of rotatable bonds is 9. The normalized spacial score (nSPS) is 12.7. The number of hydrogen-bond donors (Lipinski definition) is 2. The second kappa shape index (κ2) is 9.34. The van der Waals surface area contributed by atoms with E-state index in [2.05, 4.69) is 11.6 Å². The van der Waals surface area contributed by atoms with Gasteiger partial charge in [-0.1, -0.05) is 13.3 Å². The Labute approximate surface area is 91.2 Å². The minimum Gasteiger partial charge on any atom is -0.368 e. The van der Waals surface area contributed by atoms with Crippen LogP contribution >= 0.6 is 11.8 Å². The van der Waals surface area contributed by atoms with Crippen LogP contribution in [0.1, 0.15) is 32.6 Å². The number of primary amides is 1. The third-order valence-electron chi connectivity index (χ3n) is 2.17. The zero-order chi connectivity index (χ0) is 10.8. The molecule has 0 aromatic rings. The first-order valence-electron chi connectivity index (χ1n) is 5.24. The number of unbranched alkanes of at least 4 members (excludes halogenated alkanes) is 2. The standard InChI is InChI=1S/C10H22N2OS/c1-3-9(10(11)13)12-7-5-4-6-8-14-2/h9,12H,3-8H2,1-2H3,(H2,11,13). The lowest BCUT2D eigenvalue weighted by molar-refractivity contribution is -0.120. The summed E-state index contributed by atoms with van der Waals surface area (Å²) in [7, 11) is 0. The summed E-state index contributed by atoms with van der Waals surface area (Å²) in [4.78, 5) is 10.9. The van der Waals surface area contributed by atoms with E-state index in [0.717, 1.165) is 19.4 Å². The highest BCUT2D eigenvalue weighted by Crippen LogP contribution is 2.01. The maximum absolute atomic E-state index is 10.9. The molecule has 0 spiro atoms. The first-order valence-corrected chi connectivity index (χ1v) is 6.63. The lowest BCUT2D eigenvalue weighted by Gasteiger charge is -2.12. The molecule has 0 saturated carbocycles. The number of amides is 1. The molecule has 0 radical (unpaired) electrons. The van der Waals surface area contributed by atoms with E-state index in [9.17, 15) is 4.79 Å². The quantitative estimate of drug-likeness (QED) is 0.575. The molecule has 84 valence electrons. The number of hydrogen-bond acceptors (Lipinski definition) is 3. The molecule has 0 aliphatic heterocycles. The smallest absolute Gasteiger partial charge is 0.234 e. The van der Waals surface area contributed by atoms with Gasteiger partial charge in [0.05, 0.1) is 6.04 Å². The van der Waals surface area contributed by atoms with Crippen molar-refractivity contribution >= 4 is 17.7 Å². The van der Waals surface area contributed by atoms with Crippen LogP contribution in [0, 0.1) is 0 Å². The molecule has 1 atom stereocenters. The highest BCUT2D eigenvalue weighted by atomic mass is 32.2. The maximum Gasteiger partial charge on any atom is 0.234 e. The number of thioether (sulfide) groups is 1. The molecule has 0 fully saturated rings. The van der Waals surface area contributed by atoms with E-state index in [4.69, 9.17) is 5.73 Å². The Bertz CT molecular complexity index is 153. The zero-order valence-electron chi connectivity index (χ0n) is 9.21. The summed E-state index contributed by atoms with van der Waals surface area (Å²) in [5.74, 6) is 0.990. The molecular formula is C10H22N2OS. The summed E-state index contributed by atoms with van der Waals surface area (Å²) in [6.45, 7) is 2.87. The Morgan fingerprint density at radius 3 is 2.64 bits per heavy atom. The van der Waals surface area contributed by atoms with E-state index in [0.29, 0.717) is 0 Å². The van der Waals surface area contributed by atoms with Gasteiger partial charge in [-0.05, 0) is 37.8 Å². The molecule has 0 saturated heterocycles. The summed E-state index contributed by atoms with van der Waals surface area (Å²) in [6.07, 6.45) is 6.52. The van der Waals surface area contributed by atoms with Gasteiger partial charge in [0.25, 0.3) is 0 Å². The van der Waals surface area contributed by atoms with Gasteiger partial charge in [0.1, 0.15) is 0 Å². The number of carbonyl (C=O) groups is 1. The third kappa shape index (κ3) is 7.21. The van der Waals surface area contributed by atoms with Gasteiger partial charge in [0, 0.05) is 0 Å². The van der Waals surface area contributed by atoms with Crippen LogP contribution in [0.3, 0.4) is 0 Å². The van der Waals surface area contributed by atoms with Crippen LogP contribution in [-0.4, -0.2) is 30.5 Å². The predicted molar refractivity (Wildman–Crippen MR) is 63.5 cm³/mol. The molecule has 1 unspecified atom stereocenters. The van der Waals surface area contributed by atoms with Crippen molar-refractivity contribution in [3.8, 4) is 0 Å². The van der Waals surface area contributed by atoms with E-state index in [1.807, 2.05) is 18.7 Å². The molecule has 14 heavy (non-hydrogen) atoms. The molecule has 0 aliphatic carbocycles. The van der Waals surface area contributed by atoms with E-state index in [1.165, 1.54) is 18.6 Å². The molecule has 0 aromatic carbocycles. The van der Waals surface area contributed by atoms with Crippen molar-refractivity contribution in [3.63, 3.8) is 0 Å². The van der Waals surface area contributed by atoms with E-state index in [-0.39, 0.29) is 11.9 Å². The van der Waals surface area contributed by atoms with Gasteiger partial charge < -0.3 is 11.1 Å². The molecule has 0 rings (SSSR count). The van der Waals surface area contributed by atoms with Crippen LogP contribution in [0.4, 0.5) is 0 Å². The van der Waals surface area contributed by atoms with Gasteiger partial charge >= 0.3 is 0 Å². The highest BCUT2D eigenvalue weighted by molar-refractivity contribution is 7.98. The van der Waals surface area contributed by atoms with E-state index < -0.39 is 0 Å². The van der Waals surface area contributed by atoms with Crippen molar-refractivity contribution < 1.29 is 4.79 Å². The molecule has 0 bridgehead atoms. The molecule has 0 aromatic heterocycles. The number of carbonyl (C=O) groups excluding carboxylic acids is 1. The fourth-order valence-electron chi connectivity index (χ4n) is 1.27. The molecule has 3 nitrogen and oxygen atoms in total. The van der Waals surface area contributed by atoms with Gasteiger partial charge in [0.15, 0.2) is 0 Å². The molecular weight excluding hydrogens is 196 g/mol. The van der Waals surface area contributed by atoms with Crippen molar-refractivity contribution in [3.05, 3.63) is 0 Å². The summed E-state index contributed by atoms with van der Waals surface area (Å²) >= 11 is 1.88. The highest BCUT2D eigenvalue weighted by Gasteiger charge is 2.10. The fraction of sp³-hybridized carbons (Fsp3) is 0.900. The second-order valence-corrected chi connectivity index (χ2v) is 4.36. The lowest BCUT2D eigenvalue weighted by Crippen LogP contribution is -2.41. The van der Waals surface area contributed by atoms with Crippen LogP contribution in [0.5, 0.6) is 0 Å². The maximum atomic E-state index is 10.9. The van der Waals surface area contributed by atoms with Crippen LogP contribution in [0.25, 0.3) is 0 Å². The molecule has 0 heterocycles. The Hall–Kier alpha value is -0.220. The minimum absolute atomic E-state index is 0.143. The zero-order valence-corrected chi connectivity index (χ0v) is 10.0. The summed E-state index contributed by atoms with van der Waals surface area (Å²) in [6, 6.07) is -0.143. The van der Waals surface area contributed by atoms with Gasteiger partial charge in [-0.25, -0.2) is 0 Å². The van der Waals surface area contributed by atoms with Gasteiger partial charge in [-0.15, -0.1) is 0 Å². The summed E-state index contributed by atoms with van der Waals surface area (Å²) < 4.78 is 0. The Kier molecular flexibility index (Phi) is 9.19. The average molecular weight is 218 g/mol. The molecule has 1 amide bonds. The first kappa shape index (κ1) is 13.8. The Morgan fingerprint density at radius 2 is 2.14 bits per heavy atom. The average Bonchev–Trinajstić information content (AvgIpc) is 2.16. The number of nitrogens with two attached hydrogens (primary N) is 1. The van der Waals surface area contributed by atoms with Gasteiger partial charge in [-0.3, -0.25) is 4.79 Å². The van der Waals surface area contributed by atoms with Crippen LogP contribution in [-0.2, 0) is 4.79 Å². The minimum atomic E-state index is -0.239. The van der Waals surface area contributed by atoms with Crippen molar-refractivity contribution in [2.45, 2.75) is 38.6 Å². The van der Waals surface area contributed by atoms with Gasteiger partial charge in [-0.2, -0.15) is 11.8 Å². The van der Waals surface area contributed by atoms with E-state index in [1.54, 1.807) is 0 Å².